The molecular formula is C23H24N6O3S. The van der Waals surface area contributed by atoms with Crippen molar-refractivity contribution in [3.8, 4) is 11.6 Å². The highest BCUT2D eigenvalue weighted by molar-refractivity contribution is 7.92. The van der Waals surface area contributed by atoms with Gasteiger partial charge >= 0.3 is 0 Å². The summed E-state index contributed by atoms with van der Waals surface area (Å²) in [6.07, 6.45) is 0. The van der Waals surface area contributed by atoms with E-state index in [1.54, 1.807) is 53.2 Å². The maximum absolute atomic E-state index is 12.9. The van der Waals surface area contributed by atoms with Crippen LogP contribution in [-0.4, -0.2) is 35.5 Å². The molecule has 0 aliphatic rings. The van der Waals surface area contributed by atoms with Gasteiger partial charge in [0.25, 0.3) is 10.0 Å². The molecule has 2 aromatic heterocycles. The molecule has 0 atom stereocenters. The zero-order valence-corrected chi connectivity index (χ0v) is 19.5. The van der Waals surface area contributed by atoms with Gasteiger partial charge in [0.1, 0.15) is 10.6 Å². The zero-order valence-electron chi connectivity index (χ0n) is 18.7. The number of methoxy groups -OCH3 is 1. The standard InChI is InChI=1S/C23H24N6O3S/c1-15-5-10-20(32-4)21(13-15)33(30,31)28-19-8-6-18(7-9-19)24-22-11-12-23(26-25-22)29-17(3)14-16(2)27-29/h5-14,28H,1-4H3,(H,24,25). The quantitative estimate of drug-likeness (QED) is 0.423. The predicted octanol–water partition coefficient (Wildman–Crippen LogP) is 4.14. The van der Waals surface area contributed by atoms with Crippen LogP contribution in [-0.2, 0) is 10.0 Å². The van der Waals surface area contributed by atoms with E-state index < -0.39 is 10.0 Å². The van der Waals surface area contributed by atoms with Gasteiger partial charge in [0.15, 0.2) is 11.6 Å². The van der Waals surface area contributed by atoms with E-state index in [-0.39, 0.29) is 10.6 Å². The van der Waals surface area contributed by atoms with Gasteiger partial charge in [0.2, 0.25) is 0 Å². The summed E-state index contributed by atoms with van der Waals surface area (Å²) >= 11 is 0. The summed E-state index contributed by atoms with van der Waals surface area (Å²) in [6, 6.07) is 17.4. The first-order valence-electron chi connectivity index (χ1n) is 10.2. The third-order valence-corrected chi connectivity index (χ3v) is 6.30. The van der Waals surface area contributed by atoms with Crippen LogP contribution >= 0.6 is 0 Å². The first-order chi connectivity index (χ1) is 15.7. The van der Waals surface area contributed by atoms with Crippen molar-refractivity contribution in [1.82, 2.24) is 20.0 Å². The Morgan fingerprint density at radius 3 is 2.21 bits per heavy atom. The Morgan fingerprint density at radius 2 is 1.61 bits per heavy atom. The molecule has 0 fully saturated rings. The summed E-state index contributed by atoms with van der Waals surface area (Å²) in [6.45, 7) is 5.71. The van der Waals surface area contributed by atoms with E-state index in [0.717, 1.165) is 22.6 Å². The monoisotopic (exact) mass is 464 g/mol. The fraction of sp³-hybridized carbons (Fsp3) is 0.174. The number of hydrogen-bond acceptors (Lipinski definition) is 7. The van der Waals surface area contributed by atoms with Gasteiger partial charge in [-0.15, -0.1) is 10.2 Å². The fourth-order valence-corrected chi connectivity index (χ4v) is 4.65. The lowest BCUT2D eigenvalue weighted by atomic mass is 10.2. The van der Waals surface area contributed by atoms with Crippen molar-refractivity contribution in [3.63, 3.8) is 0 Å². The van der Waals surface area contributed by atoms with Gasteiger partial charge in [-0.25, -0.2) is 13.1 Å². The van der Waals surface area contributed by atoms with Gasteiger partial charge in [-0.2, -0.15) is 5.10 Å². The van der Waals surface area contributed by atoms with Gasteiger partial charge in [-0.3, -0.25) is 4.72 Å². The Labute approximate surface area is 192 Å². The van der Waals surface area contributed by atoms with E-state index in [2.05, 4.69) is 25.3 Å². The predicted molar refractivity (Wildman–Crippen MR) is 127 cm³/mol. The van der Waals surface area contributed by atoms with E-state index in [4.69, 9.17) is 4.74 Å². The minimum atomic E-state index is -3.81. The Bertz CT molecular complexity index is 1380. The minimum absolute atomic E-state index is 0.0881. The summed E-state index contributed by atoms with van der Waals surface area (Å²) in [5, 5.41) is 16.0. The topological polar surface area (TPSA) is 111 Å². The smallest absolute Gasteiger partial charge is 0.265 e. The molecule has 4 rings (SSSR count). The average Bonchev–Trinajstić information content (AvgIpc) is 3.13. The van der Waals surface area contributed by atoms with E-state index >= 15 is 0 Å². The van der Waals surface area contributed by atoms with Crippen molar-refractivity contribution in [2.24, 2.45) is 0 Å². The first-order valence-corrected chi connectivity index (χ1v) is 11.7. The Hall–Kier alpha value is -3.92. The summed E-state index contributed by atoms with van der Waals surface area (Å²) in [7, 11) is -2.37. The van der Waals surface area contributed by atoms with E-state index in [1.165, 1.54) is 7.11 Å². The second-order valence-electron chi connectivity index (χ2n) is 7.58. The molecule has 0 unspecified atom stereocenters. The van der Waals surface area contributed by atoms with E-state index in [9.17, 15) is 8.42 Å². The van der Waals surface area contributed by atoms with Crippen LogP contribution in [0.1, 0.15) is 17.0 Å². The lowest BCUT2D eigenvalue weighted by Gasteiger charge is -2.13. The molecule has 0 aliphatic heterocycles. The molecule has 0 saturated heterocycles. The minimum Gasteiger partial charge on any atom is -0.495 e. The molecular weight excluding hydrogens is 440 g/mol. The van der Waals surface area contributed by atoms with Gasteiger partial charge in [0, 0.05) is 17.1 Å². The average molecular weight is 465 g/mol. The zero-order chi connectivity index (χ0) is 23.6. The molecule has 9 nitrogen and oxygen atoms in total. The molecule has 170 valence electrons. The molecule has 2 aromatic carbocycles. The number of aromatic nitrogens is 4. The van der Waals surface area contributed by atoms with Crippen LogP contribution in [0.2, 0.25) is 0 Å². The Balaban J connectivity index is 1.46. The lowest BCUT2D eigenvalue weighted by molar-refractivity contribution is 0.402. The normalized spacial score (nSPS) is 11.3. The summed E-state index contributed by atoms with van der Waals surface area (Å²) in [5.74, 6) is 1.47. The largest absolute Gasteiger partial charge is 0.495 e. The van der Waals surface area contributed by atoms with Crippen molar-refractivity contribution < 1.29 is 13.2 Å². The number of nitrogens with one attached hydrogen (secondary N) is 2. The maximum atomic E-state index is 12.9. The van der Waals surface area contributed by atoms with Gasteiger partial charge in [-0.05, 0) is 80.9 Å². The van der Waals surface area contributed by atoms with Crippen LogP contribution in [0.15, 0.2) is 65.6 Å². The van der Waals surface area contributed by atoms with Crippen molar-refractivity contribution in [1.29, 1.82) is 0 Å². The number of benzene rings is 2. The Morgan fingerprint density at radius 1 is 0.879 bits per heavy atom. The molecule has 10 heteroatoms. The van der Waals surface area contributed by atoms with E-state index in [1.807, 2.05) is 32.9 Å². The molecule has 2 heterocycles. The molecule has 0 aliphatic carbocycles. The SMILES string of the molecule is COc1ccc(C)cc1S(=O)(=O)Nc1ccc(Nc2ccc(-n3nc(C)cc3C)nn2)cc1. The molecule has 33 heavy (non-hydrogen) atoms. The number of hydrogen-bond donors (Lipinski definition) is 2. The van der Waals surface area contributed by atoms with E-state index in [0.29, 0.717) is 17.3 Å². The lowest BCUT2D eigenvalue weighted by Crippen LogP contribution is -2.14. The number of sulfonamides is 1. The number of nitrogens with zero attached hydrogens (tertiary/aromatic N) is 4. The second-order valence-corrected chi connectivity index (χ2v) is 9.23. The third kappa shape index (κ3) is 4.96. The highest BCUT2D eigenvalue weighted by atomic mass is 32.2. The molecule has 0 radical (unpaired) electrons. The van der Waals surface area contributed by atoms with Crippen LogP contribution in [0.4, 0.5) is 17.2 Å². The van der Waals surface area contributed by atoms with Crippen LogP contribution in [0.3, 0.4) is 0 Å². The van der Waals surface area contributed by atoms with Crippen LogP contribution in [0.5, 0.6) is 5.75 Å². The van der Waals surface area contributed by atoms with Gasteiger partial charge in [0.05, 0.1) is 12.8 Å². The molecule has 0 saturated carbocycles. The van der Waals surface area contributed by atoms with Crippen LogP contribution in [0, 0.1) is 20.8 Å². The van der Waals surface area contributed by atoms with Gasteiger partial charge < -0.3 is 10.1 Å². The highest BCUT2D eigenvalue weighted by Crippen LogP contribution is 2.27. The number of ether oxygens (including phenoxy) is 1. The first kappa shape index (κ1) is 22.3. The summed E-state index contributed by atoms with van der Waals surface area (Å²) < 4.78 is 35.2. The molecule has 0 bridgehead atoms. The second kappa shape index (κ2) is 8.91. The Kier molecular flexibility index (Phi) is 6.01. The molecule has 0 spiro atoms. The maximum Gasteiger partial charge on any atom is 0.265 e. The fourth-order valence-electron chi connectivity index (χ4n) is 3.34. The summed E-state index contributed by atoms with van der Waals surface area (Å²) in [5.41, 5.74) is 3.87. The molecule has 4 aromatic rings. The number of rotatable bonds is 7. The molecule has 2 N–H and O–H groups in total. The van der Waals surface area contributed by atoms with Crippen molar-refractivity contribution in [2.45, 2.75) is 25.7 Å². The van der Waals surface area contributed by atoms with Gasteiger partial charge in [-0.1, -0.05) is 6.07 Å². The van der Waals surface area contributed by atoms with Crippen molar-refractivity contribution in [2.75, 3.05) is 17.1 Å². The van der Waals surface area contributed by atoms with Crippen LogP contribution in [0.25, 0.3) is 5.82 Å². The highest BCUT2D eigenvalue weighted by Gasteiger charge is 2.20. The number of anilines is 3. The van der Waals surface area contributed by atoms with Crippen molar-refractivity contribution >= 4 is 27.2 Å². The molecule has 0 amide bonds. The van der Waals surface area contributed by atoms with Crippen LogP contribution < -0.4 is 14.8 Å². The third-order valence-electron chi connectivity index (χ3n) is 4.90. The number of aryl methyl sites for hydroxylation is 3. The summed E-state index contributed by atoms with van der Waals surface area (Å²) in [4.78, 5) is 0.0881. The van der Waals surface area contributed by atoms with Crippen molar-refractivity contribution in [3.05, 3.63) is 77.6 Å².